The smallest absolute Gasteiger partial charge is 0.330 e. The largest absolute Gasteiger partial charge is 0.330 e. The average Bonchev–Trinajstić information content (AvgIpc) is 2.67. The first-order valence-electron chi connectivity index (χ1n) is 7.81. The van der Waals surface area contributed by atoms with Crippen LogP contribution in [-0.2, 0) is 9.19 Å². The van der Waals surface area contributed by atoms with Crippen molar-refractivity contribution in [2.45, 2.75) is 6.92 Å². The molecule has 0 heterocycles. The molecule has 0 radical (unpaired) electrons. The second-order valence-corrected chi connectivity index (χ2v) is 7.76. The number of oxime groups is 1. The van der Waals surface area contributed by atoms with Crippen molar-refractivity contribution >= 4 is 23.7 Å². The van der Waals surface area contributed by atoms with E-state index in [-0.39, 0.29) is 0 Å². The van der Waals surface area contributed by atoms with Crippen LogP contribution in [0.25, 0.3) is 0 Å². The SMILES string of the molecule is C/C(=N\OP(=O)(c1ccccc1)c1ccccc1)c1ccccc1F. The number of hydrogen-bond donors (Lipinski definition) is 0. The Morgan fingerprint density at radius 1 is 0.840 bits per heavy atom. The highest BCUT2D eigenvalue weighted by Gasteiger charge is 2.30. The van der Waals surface area contributed by atoms with Crippen molar-refractivity contribution in [3.8, 4) is 0 Å². The summed E-state index contributed by atoms with van der Waals surface area (Å²) < 4.78 is 33.1. The van der Waals surface area contributed by atoms with Gasteiger partial charge in [0, 0.05) is 5.56 Å². The minimum Gasteiger partial charge on any atom is -0.330 e. The summed E-state index contributed by atoms with van der Waals surface area (Å²) in [6, 6.07) is 24.1. The van der Waals surface area contributed by atoms with Crippen molar-refractivity contribution in [2.24, 2.45) is 5.16 Å². The molecule has 25 heavy (non-hydrogen) atoms. The Morgan fingerprint density at radius 2 is 1.32 bits per heavy atom. The van der Waals surface area contributed by atoms with E-state index in [1.54, 1.807) is 73.7 Å². The van der Waals surface area contributed by atoms with Gasteiger partial charge in [0.05, 0.1) is 16.3 Å². The summed E-state index contributed by atoms with van der Waals surface area (Å²) in [4.78, 5) is 0. The molecule has 0 aliphatic rings. The fraction of sp³-hybridized carbons (Fsp3) is 0.0500. The fourth-order valence-electron chi connectivity index (χ4n) is 2.41. The molecule has 0 saturated carbocycles. The molecule has 0 fully saturated rings. The predicted octanol–water partition coefficient (Wildman–Crippen LogP) is 4.50. The second kappa shape index (κ2) is 7.45. The van der Waals surface area contributed by atoms with Gasteiger partial charge in [-0.25, -0.2) is 4.39 Å². The van der Waals surface area contributed by atoms with Crippen molar-refractivity contribution in [1.82, 2.24) is 0 Å². The highest BCUT2D eigenvalue weighted by atomic mass is 31.2. The first-order valence-corrected chi connectivity index (χ1v) is 9.43. The zero-order chi connectivity index (χ0) is 17.7. The predicted molar refractivity (Wildman–Crippen MR) is 99.5 cm³/mol. The summed E-state index contributed by atoms with van der Waals surface area (Å²) in [5.74, 6) is -0.401. The first kappa shape index (κ1) is 17.1. The maximum atomic E-state index is 13.9. The third kappa shape index (κ3) is 3.70. The van der Waals surface area contributed by atoms with E-state index < -0.39 is 13.2 Å². The maximum absolute atomic E-state index is 13.9. The summed E-state index contributed by atoms with van der Waals surface area (Å²) in [7, 11) is -3.42. The van der Waals surface area contributed by atoms with Crippen LogP contribution in [0.15, 0.2) is 90.1 Å². The molecule has 0 N–H and O–H groups in total. The molecule has 0 aromatic heterocycles. The Morgan fingerprint density at radius 3 is 1.84 bits per heavy atom. The van der Waals surface area contributed by atoms with Gasteiger partial charge >= 0.3 is 7.37 Å². The number of benzene rings is 3. The number of hydrogen-bond acceptors (Lipinski definition) is 3. The van der Waals surface area contributed by atoms with Crippen LogP contribution >= 0.6 is 7.37 Å². The van der Waals surface area contributed by atoms with Crippen molar-refractivity contribution < 1.29 is 13.6 Å². The monoisotopic (exact) mass is 353 g/mol. The molecule has 0 aliphatic carbocycles. The topological polar surface area (TPSA) is 38.7 Å². The van der Waals surface area contributed by atoms with E-state index in [0.29, 0.717) is 21.9 Å². The van der Waals surface area contributed by atoms with E-state index in [2.05, 4.69) is 5.16 Å². The highest BCUT2D eigenvalue weighted by Crippen LogP contribution is 2.45. The summed E-state index contributed by atoms with van der Waals surface area (Å²) in [6.45, 7) is 1.62. The van der Waals surface area contributed by atoms with Gasteiger partial charge in [-0.1, -0.05) is 59.8 Å². The molecule has 0 spiro atoms. The Labute approximate surface area is 146 Å². The van der Waals surface area contributed by atoms with Gasteiger partial charge in [-0.2, -0.15) is 0 Å². The molecule has 5 heteroatoms. The molecule has 3 nitrogen and oxygen atoms in total. The lowest BCUT2D eigenvalue weighted by Gasteiger charge is -2.17. The van der Waals surface area contributed by atoms with Crippen LogP contribution in [0.3, 0.4) is 0 Å². The van der Waals surface area contributed by atoms with Crippen LogP contribution in [0.5, 0.6) is 0 Å². The van der Waals surface area contributed by atoms with Crippen molar-refractivity contribution in [1.29, 1.82) is 0 Å². The van der Waals surface area contributed by atoms with Gasteiger partial charge in [-0.05, 0) is 37.3 Å². The van der Waals surface area contributed by atoms with Gasteiger partial charge in [-0.3, -0.25) is 4.57 Å². The van der Waals surface area contributed by atoms with E-state index in [4.69, 9.17) is 4.62 Å². The number of rotatable bonds is 5. The summed E-state index contributed by atoms with van der Waals surface area (Å²) in [6.07, 6.45) is 0. The molecular weight excluding hydrogens is 336 g/mol. The molecule has 0 saturated heterocycles. The molecule has 126 valence electrons. The maximum Gasteiger partial charge on any atom is 0.330 e. The third-order valence-corrected chi connectivity index (χ3v) is 6.02. The minimum absolute atomic E-state index is 0.315. The first-order chi connectivity index (χ1) is 12.1. The van der Waals surface area contributed by atoms with E-state index in [1.165, 1.54) is 6.07 Å². The van der Waals surface area contributed by atoms with Crippen LogP contribution in [0, 0.1) is 5.82 Å². The Kier molecular flexibility index (Phi) is 5.11. The van der Waals surface area contributed by atoms with E-state index in [9.17, 15) is 8.96 Å². The lowest BCUT2D eigenvalue weighted by atomic mass is 10.1. The third-order valence-electron chi connectivity index (χ3n) is 3.75. The van der Waals surface area contributed by atoms with Gasteiger partial charge in [0.15, 0.2) is 0 Å². The van der Waals surface area contributed by atoms with Gasteiger partial charge in [0.2, 0.25) is 0 Å². The van der Waals surface area contributed by atoms with Crippen molar-refractivity contribution in [2.75, 3.05) is 0 Å². The van der Waals surface area contributed by atoms with Gasteiger partial charge in [0.1, 0.15) is 5.82 Å². The number of nitrogens with zero attached hydrogens (tertiary/aromatic N) is 1. The molecule has 0 amide bonds. The molecule has 3 rings (SSSR count). The molecule has 0 aliphatic heterocycles. The zero-order valence-corrected chi connectivity index (χ0v) is 14.6. The molecule has 3 aromatic carbocycles. The van der Waals surface area contributed by atoms with Crippen molar-refractivity contribution in [3.05, 3.63) is 96.3 Å². The Bertz CT molecular complexity index is 883. The Balaban J connectivity index is 2.01. The normalized spacial score (nSPS) is 12.0. The van der Waals surface area contributed by atoms with Crippen LogP contribution < -0.4 is 10.6 Å². The zero-order valence-electron chi connectivity index (χ0n) is 13.7. The molecular formula is C20H17FNO2P. The fourth-order valence-corrected chi connectivity index (χ4v) is 4.27. The molecule has 3 aromatic rings. The standard InChI is InChI=1S/C20H17FNO2P/c1-16(19-14-8-9-15-20(19)21)22-24-25(23,17-10-4-2-5-11-17)18-12-6-3-7-13-18/h2-15H,1H3/b22-16+. The van der Waals surface area contributed by atoms with Crippen LogP contribution in [0.1, 0.15) is 12.5 Å². The molecule has 0 unspecified atom stereocenters. The van der Waals surface area contributed by atoms with E-state index >= 15 is 0 Å². The lowest BCUT2D eigenvalue weighted by molar-refractivity contribution is 0.349. The van der Waals surface area contributed by atoms with E-state index in [1.807, 2.05) is 12.1 Å². The quantitative estimate of drug-likeness (QED) is 0.385. The molecule has 0 atom stereocenters. The van der Waals surface area contributed by atoms with Crippen LogP contribution in [0.4, 0.5) is 4.39 Å². The van der Waals surface area contributed by atoms with Gasteiger partial charge in [-0.15, -0.1) is 0 Å². The van der Waals surface area contributed by atoms with Gasteiger partial charge < -0.3 is 4.62 Å². The summed E-state index contributed by atoms with van der Waals surface area (Å²) >= 11 is 0. The van der Waals surface area contributed by atoms with E-state index in [0.717, 1.165) is 0 Å². The molecule has 0 bridgehead atoms. The number of halogens is 1. The summed E-state index contributed by atoms with van der Waals surface area (Å²) in [5, 5.41) is 5.06. The van der Waals surface area contributed by atoms with Crippen molar-refractivity contribution in [3.63, 3.8) is 0 Å². The second-order valence-electron chi connectivity index (χ2n) is 5.46. The van der Waals surface area contributed by atoms with Crippen LogP contribution in [0.2, 0.25) is 0 Å². The minimum atomic E-state index is -3.42. The van der Waals surface area contributed by atoms with Crippen LogP contribution in [-0.4, -0.2) is 5.71 Å². The van der Waals surface area contributed by atoms with Gasteiger partial charge in [0.25, 0.3) is 0 Å². The lowest BCUT2D eigenvalue weighted by Crippen LogP contribution is -2.17. The average molecular weight is 353 g/mol. The Hall–Kier alpha value is -2.71. The highest BCUT2D eigenvalue weighted by molar-refractivity contribution is 7.74. The summed E-state index contributed by atoms with van der Waals surface area (Å²) in [5.41, 5.74) is 0.639.